The molecule has 1 aromatic heterocycles. The smallest absolute Gasteiger partial charge is 0.124 e. The highest BCUT2D eigenvalue weighted by atomic mass is 79.9. The summed E-state index contributed by atoms with van der Waals surface area (Å²) >= 11 is 3.41. The second-order valence-electron chi connectivity index (χ2n) is 4.18. The van der Waals surface area contributed by atoms with Crippen molar-refractivity contribution in [2.45, 2.75) is 19.4 Å². The standard InChI is InChI=1S/C14H15BrFN3/c1-2-5-19-14(13-9-17-6-7-18-13)11-4-3-10(16)8-12(11)15/h3-4,6-9,14,19H,2,5H2,1H3. The van der Waals surface area contributed by atoms with Gasteiger partial charge in [-0.15, -0.1) is 0 Å². The minimum atomic E-state index is -0.260. The molecular formula is C14H15BrFN3. The first kappa shape index (κ1) is 14.1. The van der Waals surface area contributed by atoms with Gasteiger partial charge < -0.3 is 5.32 Å². The average Bonchev–Trinajstić information content (AvgIpc) is 2.42. The zero-order valence-corrected chi connectivity index (χ0v) is 12.2. The van der Waals surface area contributed by atoms with Gasteiger partial charge in [0.05, 0.1) is 17.9 Å². The second-order valence-corrected chi connectivity index (χ2v) is 5.04. The highest BCUT2D eigenvalue weighted by molar-refractivity contribution is 9.10. The van der Waals surface area contributed by atoms with Crippen molar-refractivity contribution in [1.82, 2.24) is 15.3 Å². The van der Waals surface area contributed by atoms with Crippen LogP contribution in [0.2, 0.25) is 0 Å². The Labute approximate surface area is 120 Å². The first-order valence-electron chi connectivity index (χ1n) is 6.16. The number of benzene rings is 1. The monoisotopic (exact) mass is 323 g/mol. The Hall–Kier alpha value is -1.33. The van der Waals surface area contributed by atoms with Gasteiger partial charge >= 0.3 is 0 Å². The number of nitrogens with one attached hydrogen (secondary N) is 1. The van der Waals surface area contributed by atoms with Crippen LogP contribution in [-0.2, 0) is 0 Å². The summed E-state index contributed by atoms with van der Waals surface area (Å²) in [6.07, 6.45) is 6.03. The maximum absolute atomic E-state index is 13.2. The molecule has 2 aromatic rings. The fourth-order valence-corrected chi connectivity index (χ4v) is 2.44. The van der Waals surface area contributed by atoms with E-state index in [9.17, 15) is 4.39 Å². The maximum atomic E-state index is 13.2. The molecule has 3 nitrogen and oxygen atoms in total. The Bertz CT molecular complexity index is 533. The van der Waals surface area contributed by atoms with E-state index in [1.165, 1.54) is 12.1 Å². The van der Waals surface area contributed by atoms with Crippen LogP contribution in [0.1, 0.15) is 30.6 Å². The summed E-state index contributed by atoms with van der Waals surface area (Å²) in [5.41, 5.74) is 1.78. The molecule has 1 N–H and O–H groups in total. The zero-order valence-electron chi connectivity index (χ0n) is 10.6. The van der Waals surface area contributed by atoms with Crippen LogP contribution >= 0.6 is 15.9 Å². The lowest BCUT2D eigenvalue weighted by Gasteiger charge is -2.19. The zero-order chi connectivity index (χ0) is 13.7. The molecule has 0 bridgehead atoms. The minimum Gasteiger partial charge on any atom is -0.305 e. The molecule has 0 saturated heterocycles. The highest BCUT2D eigenvalue weighted by Crippen LogP contribution is 2.28. The predicted octanol–water partition coefficient (Wildman–Crippen LogP) is 3.47. The van der Waals surface area contributed by atoms with Crippen LogP contribution < -0.4 is 5.32 Å². The molecule has 0 aliphatic rings. The van der Waals surface area contributed by atoms with Gasteiger partial charge in [0.15, 0.2) is 0 Å². The van der Waals surface area contributed by atoms with E-state index in [0.717, 1.165) is 28.7 Å². The van der Waals surface area contributed by atoms with E-state index in [2.05, 4.69) is 38.1 Å². The number of hydrogen-bond acceptors (Lipinski definition) is 3. The molecule has 19 heavy (non-hydrogen) atoms. The minimum absolute atomic E-state index is 0.0939. The maximum Gasteiger partial charge on any atom is 0.124 e. The van der Waals surface area contributed by atoms with Gasteiger partial charge in [-0.3, -0.25) is 9.97 Å². The Kier molecular flexibility index (Phi) is 4.99. The molecule has 0 aliphatic carbocycles. The number of nitrogens with zero attached hydrogens (tertiary/aromatic N) is 2. The normalized spacial score (nSPS) is 12.4. The van der Waals surface area contributed by atoms with E-state index in [-0.39, 0.29) is 11.9 Å². The van der Waals surface area contributed by atoms with E-state index in [1.54, 1.807) is 24.7 Å². The predicted molar refractivity (Wildman–Crippen MR) is 76.3 cm³/mol. The van der Waals surface area contributed by atoms with Crippen LogP contribution in [0.3, 0.4) is 0 Å². The molecule has 1 heterocycles. The summed E-state index contributed by atoms with van der Waals surface area (Å²) in [5, 5.41) is 3.41. The van der Waals surface area contributed by atoms with Gasteiger partial charge in [-0.05, 0) is 30.7 Å². The summed E-state index contributed by atoms with van der Waals surface area (Å²) in [5.74, 6) is -0.260. The first-order chi connectivity index (χ1) is 9.22. The van der Waals surface area contributed by atoms with Crippen LogP contribution in [0.5, 0.6) is 0 Å². The van der Waals surface area contributed by atoms with Gasteiger partial charge in [0, 0.05) is 16.9 Å². The summed E-state index contributed by atoms with van der Waals surface area (Å²) in [6, 6.07) is 4.59. The van der Waals surface area contributed by atoms with Crippen molar-refractivity contribution in [3.8, 4) is 0 Å². The summed E-state index contributed by atoms with van der Waals surface area (Å²) < 4.78 is 13.9. The fraction of sp³-hybridized carbons (Fsp3) is 0.286. The van der Waals surface area contributed by atoms with Crippen molar-refractivity contribution in [2.75, 3.05) is 6.54 Å². The van der Waals surface area contributed by atoms with Crippen molar-refractivity contribution in [3.05, 3.63) is 58.3 Å². The van der Waals surface area contributed by atoms with Gasteiger partial charge in [-0.1, -0.05) is 28.9 Å². The van der Waals surface area contributed by atoms with E-state index < -0.39 is 0 Å². The molecule has 100 valence electrons. The summed E-state index contributed by atoms with van der Waals surface area (Å²) in [6.45, 7) is 2.95. The number of rotatable bonds is 5. The second kappa shape index (κ2) is 6.73. The van der Waals surface area contributed by atoms with Gasteiger partial charge in [0.25, 0.3) is 0 Å². The third kappa shape index (κ3) is 3.58. The molecule has 1 unspecified atom stereocenters. The number of halogens is 2. The van der Waals surface area contributed by atoms with E-state index >= 15 is 0 Å². The average molecular weight is 324 g/mol. The molecule has 0 saturated carbocycles. The molecule has 1 atom stereocenters. The quantitative estimate of drug-likeness (QED) is 0.915. The van der Waals surface area contributed by atoms with Gasteiger partial charge in [-0.2, -0.15) is 0 Å². The van der Waals surface area contributed by atoms with Crippen molar-refractivity contribution in [1.29, 1.82) is 0 Å². The molecule has 5 heteroatoms. The molecule has 0 radical (unpaired) electrons. The Morgan fingerprint density at radius 3 is 2.84 bits per heavy atom. The molecule has 0 fully saturated rings. The van der Waals surface area contributed by atoms with E-state index in [1.807, 2.05) is 0 Å². The fourth-order valence-electron chi connectivity index (χ4n) is 1.86. The molecule has 0 amide bonds. The third-order valence-electron chi connectivity index (χ3n) is 2.75. The third-order valence-corrected chi connectivity index (χ3v) is 3.44. The van der Waals surface area contributed by atoms with Gasteiger partial charge in [0.2, 0.25) is 0 Å². The Morgan fingerprint density at radius 1 is 1.37 bits per heavy atom. The highest BCUT2D eigenvalue weighted by Gasteiger charge is 2.17. The molecule has 1 aromatic carbocycles. The topological polar surface area (TPSA) is 37.8 Å². The molecular weight excluding hydrogens is 309 g/mol. The van der Waals surface area contributed by atoms with Crippen LogP contribution in [0.4, 0.5) is 4.39 Å². The lowest BCUT2D eigenvalue weighted by molar-refractivity contribution is 0.578. The molecule has 0 aliphatic heterocycles. The first-order valence-corrected chi connectivity index (χ1v) is 6.96. The number of aromatic nitrogens is 2. The summed E-state index contributed by atoms with van der Waals surface area (Å²) in [4.78, 5) is 8.43. The van der Waals surface area contributed by atoms with Crippen LogP contribution in [0.15, 0.2) is 41.3 Å². The van der Waals surface area contributed by atoms with Crippen LogP contribution in [0.25, 0.3) is 0 Å². The van der Waals surface area contributed by atoms with Crippen molar-refractivity contribution in [2.24, 2.45) is 0 Å². The van der Waals surface area contributed by atoms with Gasteiger partial charge in [-0.25, -0.2) is 4.39 Å². The number of hydrogen-bond donors (Lipinski definition) is 1. The van der Waals surface area contributed by atoms with Gasteiger partial charge in [0.1, 0.15) is 5.82 Å². The van der Waals surface area contributed by atoms with Crippen LogP contribution in [0, 0.1) is 5.82 Å². The lowest BCUT2D eigenvalue weighted by atomic mass is 10.0. The van der Waals surface area contributed by atoms with E-state index in [0.29, 0.717) is 0 Å². The van der Waals surface area contributed by atoms with Crippen molar-refractivity contribution in [3.63, 3.8) is 0 Å². The van der Waals surface area contributed by atoms with Crippen molar-refractivity contribution < 1.29 is 4.39 Å². The van der Waals surface area contributed by atoms with E-state index in [4.69, 9.17) is 0 Å². The molecule has 2 rings (SSSR count). The largest absolute Gasteiger partial charge is 0.305 e. The Balaban J connectivity index is 2.37. The van der Waals surface area contributed by atoms with Crippen molar-refractivity contribution >= 4 is 15.9 Å². The van der Waals surface area contributed by atoms with Crippen LogP contribution in [-0.4, -0.2) is 16.5 Å². The Morgan fingerprint density at radius 2 is 2.21 bits per heavy atom. The molecule has 0 spiro atoms. The summed E-state index contributed by atoms with van der Waals surface area (Å²) in [7, 11) is 0. The SMILES string of the molecule is CCCNC(c1cnccn1)c1ccc(F)cc1Br. The lowest BCUT2D eigenvalue weighted by Crippen LogP contribution is -2.24.